The van der Waals surface area contributed by atoms with Crippen molar-refractivity contribution in [1.29, 1.82) is 0 Å². The number of nitrogens with zero attached hydrogens (tertiary/aromatic N) is 2. The first-order chi connectivity index (χ1) is 14.1. The van der Waals surface area contributed by atoms with Crippen LogP contribution in [0.4, 0.5) is 5.69 Å². The highest BCUT2D eigenvalue weighted by atomic mass is 16.1. The maximum atomic E-state index is 12.4. The standard InChI is InChI=1S/C24H28N4O/c1-16(2)27-12-14-28(15-13-27)18-8-6-17(7-9-18)23-19-10-11-25-24(29)20-4-3-5-21(26-23)22(19)20/h3-9,16,26H,10-15H2,1-2H3,(H,25,29). The van der Waals surface area contributed by atoms with Gasteiger partial charge in [0, 0.05) is 66.6 Å². The molecule has 0 unspecified atom stereocenters. The molecule has 5 nitrogen and oxygen atoms in total. The topological polar surface area (TPSA) is 51.4 Å². The molecule has 150 valence electrons. The number of hydrogen-bond acceptors (Lipinski definition) is 3. The number of carbonyl (C=O) groups excluding carboxylic acids is 1. The lowest BCUT2D eigenvalue weighted by Crippen LogP contribution is -2.48. The zero-order valence-corrected chi connectivity index (χ0v) is 17.2. The van der Waals surface area contributed by atoms with Crippen LogP contribution in [0.5, 0.6) is 0 Å². The summed E-state index contributed by atoms with van der Waals surface area (Å²) in [5.41, 5.74) is 6.67. The summed E-state index contributed by atoms with van der Waals surface area (Å²) in [6.45, 7) is 9.61. The summed E-state index contributed by atoms with van der Waals surface area (Å²) in [6, 6.07) is 15.5. The van der Waals surface area contributed by atoms with Gasteiger partial charge >= 0.3 is 0 Å². The molecule has 2 aliphatic heterocycles. The minimum atomic E-state index is 0.0239. The summed E-state index contributed by atoms with van der Waals surface area (Å²) in [7, 11) is 0. The zero-order valence-electron chi connectivity index (χ0n) is 17.2. The van der Waals surface area contributed by atoms with Crippen molar-refractivity contribution in [2.75, 3.05) is 37.6 Å². The summed E-state index contributed by atoms with van der Waals surface area (Å²) >= 11 is 0. The van der Waals surface area contributed by atoms with Crippen molar-refractivity contribution in [2.45, 2.75) is 26.3 Å². The van der Waals surface area contributed by atoms with E-state index in [1.807, 2.05) is 12.1 Å². The summed E-state index contributed by atoms with van der Waals surface area (Å²) in [5, 5.41) is 4.09. The van der Waals surface area contributed by atoms with Crippen LogP contribution in [0, 0.1) is 0 Å². The van der Waals surface area contributed by atoms with E-state index in [2.05, 4.69) is 64.3 Å². The van der Waals surface area contributed by atoms with Gasteiger partial charge < -0.3 is 15.2 Å². The van der Waals surface area contributed by atoms with Gasteiger partial charge in [-0.25, -0.2) is 0 Å². The van der Waals surface area contributed by atoms with Crippen LogP contribution >= 0.6 is 0 Å². The van der Waals surface area contributed by atoms with Crippen LogP contribution in [-0.2, 0) is 6.42 Å². The van der Waals surface area contributed by atoms with Crippen LogP contribution in [-0.4, -0.2) is 54.6 Å². The smallest absolute Gasteiger partial charge is 0.251 e. The number of benzene rings is 2. The van der Waals surface area contributed by atoms with Gasteiger partial charge in [0.1, 0.15) is 0 Å². The normalized spacial score (nSPS) is 17.6. The fourth-order valence-electron chi connectivity index (χ4n) is 4.73. The molecular formula is C24H28N4O. The molecule has 2 aliphatic rings. The van der Waals surface area contributed by atoms with Crippen molar-refractivity contribution >= 4 is 22.5 Å². The number of rotatable bonds is 3. The van der Waals surface area contributed by atoms with Gasteiger partial charge in [0.05, 0.1) is 0 Å². The Kier molecular flexibility index (Phi) is 4.55. The van der Waals surface area contributed by atoms with Crippen LogP contribution in [0.2, 0.25) is 0 Å². The van der Waals surface area contributed by atoms with Crippen LogP contribution in [0.1, 0.15) is 29.8 Å². The van der Waals surface area contributed by atoms with E-state index in [0.717, 1.165) is 54.8 Å². The van der Waals surface area contributed by atoms with Gasteiger partial charge in [0.25, 0.3) is 5.91 Å². The highest BCUT2D eigenvalue weighted by Gasteiger charge is 2.23. The number of amides is 1. The third kappa shape index (κ3) is 3.19. The Bertz CT molecular complexity index is 1040. The van der Waals surface area contributed by atoms with Gasteiger partial charge in [-0.1, -0.05) is 18.2 Å². The minimum absolute atomic E-state index is 0.0239. The molecule has 5 rings (SSSR count). The first-order valence-corrected chi connectivity index (χ1v) is 10.6. The van der Waals surface area contributed by atoms with Crippen molar-refractivity contribution in [3.8, 4) is 11.3 Å². The first-order valence-electron chi connectivity index (χ1n) is 10.6. The lowest BCUT2D eigenvalue weighted by atomic mass is 10.00. The monoisotopic (exact) mass is 388 g/mol. The Hall–Kier alpha value is -2.79. The Labute approximate surface area is 171 Å². The predicted molar refractivity (Wildman–Crippen MR) is 119 cm³/mol. The van der Waals surface area contributed by atoms with E-state index < -0.39 is 0 Å². The molecule has 3 aromatic rings. The molecule has 0 atom stereocenters. The third-order valence-electron chi connectivity index (χ3n) is 6.40. The van der Waals surface area contributed by atoms with Crippen molar-refractivity contribution in [2.24, 2.45) is 0 Å². The largest absolute Gasteiger partial charge is 0.369 e. The molecule has 1 aromatic heterocycles. The number of hydrogen-bond donors (Lipinski definition) is 2. The maximum absolute atomic E-state index is 12.4. The average molecular weight is 389 g/mol. The molecule has 0 bridgehead atoms. The number of carbonyl (C=O) groups is 1. The fourth-order valence-corrected chi connectivity index (χ4v) is 4.73. The van der Waals surface area contributed by atoms with Gasteiger partial charge in [-0.05, 0) is 55.7 Å². The fraction of sp³-hybridized carbons (Fsp3) is 0.375. The average Bonchev–Trinajstić information content (AvgIpc) is 3.03. The molecule has 2 aromatic carbocycles. The highest BCUT2D eigenvalue weighted by molar-refractivity contribution is 6.10. The quantitative estimate of drug-likeness (QED) is 0.720. The Morgan fingerprint density at radius 3 is 2.45 bits per heavy atom. The molecule has 0 radical (unpaired) electrons. The third-order valence-corrected chi connectivity index (χ3v) is 6.40. The van der Waals surface area contributed by atoms with Crippen LogP contribution < -0.4 is 10.2 Å². The SMILES string of the molecule is CC(C)N1CCN(c2ccc(-c3[nH]c4cccc5c4c3CCNC5=O)cc2)CC1. The summed E-state index contributed by atoms with van der Waals surface area (Å²) < 4.78 is 0. The first kappa shape index (κ1) is 18.3. The second-order valence-electron chi connectivity index (χ2n) is 8.38. The minimum Gasteiger partial charge on any atom is -0.369 e. The van der Waals surface area contributed by atoms with E-state index in [1.54, 1.807) is 0 Å². The van der Waals surface area contributed by atoms with Gasteiger partial charge in [-0.2, -0.15) is 0 Å². The molecular weight excluding hydrogens is 360 g/mol. The zero-order chi connectivity index (χ0) is 20.0. The van der Waals surface area contributed by atoms with Gasteiger partial charge in [-0.3, -0.25) is 9.69 Å². The molecule has 1 amide bonds. The van der Waals surface area contributed by atoms with E-state index in [4.69, 9.17) is 0 Å². The summed E-state index contributed by atoms with van der Waals surface area (Å²) in [6.07, 6.45) is 0.844. The highest BCUT2D eigenvalue weighted by Crippen LogP contribution is 2.34. The van der Waals surface area contributed by atoms with Crippen LogP contribution in [0.25, 0.3) is 22.2 Å². The van der Waals surface area contributed by atoms with E-state index in [-0.39, 0.29) is 5.91 Å². The molecule has 1 fully saturated rings. The number of nitrogens with one attached hydrogen (secondary N) is 2. The van der Waals surface area contributed by atoms with E-state index >= 15 is 0 Å². The number of aromatic nitrogens is 1. The predicted octanol–water partition coefficient (Wildman–Crippen LogP) is 3.65. The van der Waals surface area contributed by atoms with E-state index in [0.29, 0.717) is 12.6 Å². The van der Waals surface area contributed by atoms with E-state index in [1.165, 1.54) is 16.8 Å². The number of H-pyrrole nitrogens is 1. The number of piperazine rings is 1. The molecule has 0 aliphatic carbocycles. The van der Waals surface area contributed by atoms with Gasteiger partial charge in [0.2, 0.25) is 0 Å². The lowest BCUT2D eigenvalue weighted by Gasteiger charge is -2.38. The van der Waals surface area contributed by atoms with Crippen molar-refractivity contribution in [3.05, 3.63) is 53.6 Å². The summed E-state index contributed by atoms with van der Waals surface area (Å²) in [4.78, 5) is 21.0. The molecule has 2 N–H and O–H groups in total. The van der Waals surface area contributed by atoms with Gasteiger partial charge in [0.15, 0.2) is 0 Å². The second kappa shape index (κ2) is 7.23. The van der Waals surface area contributed by atoms with Crippen molar-refractivity contribution in [3.63, 3.8) is 0 Å². The van der Waals surface area contributed by atoms with E-state index in [9.17, 15) is 4.79 Å². The maximum Gasteiger partial charge on any atom is 0.251 e. The number of aromatic amines is 1. The van der Waals surface area contributed by atoms with Crippen molar-refractivity contribution in [1.82, 2.24) is 15.2 Å². The summed E-state index contributed by atoms with van der Waals surface area (Å²) in [5.74, 6) is 0.0239. The van der Waals surface area contributed by atoms with Crippen molar-refractivity contribution < 1.29 is 4.79 Å². The lowest BCUT2D eigenvalue weighted by molar-refractivity contribution is 0.0957. The molecule has 29 heavy (non-hydrogen) atoms. The Balaban J connectivity index is 1.45. The Morgan fingerprint density at radius 2 is 1.72 bits per heavy atom. The molecule has 3 heterocycles. The molecule has 1 saturated heterocycles. The van der Waals surface area contributed by atoms with Crippen LogP contribution in [0.15, 0.2) is 42.5 Å². The second-order valence-corrected chi connectivity index (χ2v) is 8.38. The van der Waals surface area contributed by atoms with Crippen LogP contribution in [0.3, 0.4) is 0 Å². The molecule has 0 spiro atoms. The van der Waals surface area contributed by atoms with Gasteiger partial charge in [-0.15, -0.1) is 0 Å². The number of anilines is 1. The Morgan fingerprint density at radius 1 is 0.966 bits per heavy atom. The molecule has 0 saturated carbocycles. The molecule has 5 heteroatoms.